The van der Waals surface area contributed by atoms with E-state index in [1.807, 2.05) is 66.7 Å². The Morgan fingerprint density at radius 1 is 0.636 bits per heavy atom. The first-order valence-electron chi connectivity index (χ1n) is 6.98. The van der Waals surface area contributed by atoms with E-state index in [1.165, 1.54) is 4.31 Å². The summed E-state index contributed by atoms with van der Waals surface area (Å²) in [5, 5.41) is 0. The molecule has 4 heteroatoms. The van der Waals surface area contributed by atoms with Crippen molar-refractivity contribution in [3.63, 3.8) is 0 Å². The Bertz CT molecular complexity index is 950. The molecule has 0 aromatic heterocycles. The van der Waals surface area contributed by atoms with Crippen LogP contribution in [0.5, 0.6) is 0 Å². The summed E-state index contributed by atoms with van der Waals surface area (Å²) in [6.07, 6.45) is 0. The third kappa shape index (κ3) is 1.77. The maximum Gasteiger partial charge on any atom is 0.269 e. The quantitative estimate of drug-likeness (QED) is 0.676. The summed E-state index contributed by atoms with van der Waals surface area (Å²) in [4.78, 5) is 0.345. The van der Waals surface area contributed by atoms with E-state index < -0.39 is 10.0 Å². The summed E-state index contributed by atoms with van der Waals surface area (Å²) in [6, 6.07) is 23.9. The van der Waals surface area contributed by atoms with Crippen molar-refractivity contribution in [3.8, 4) is 11.1 Å². The fourth-order valence-corrected chi connectivity index (χ4v) is 4.58. The number of fused-ring (bicyclic) bond motifs is 3. The number of hydrogen-bond donors (Lipinski definition) is 0. The molecule has 3 aromatic carbocycles. The fourth-order valence-electron chi connectivity index (χ4n) is 2.86. The summed E-state index contributed by atoms with van der Waals surface area (Å²) >= 11 is 0. The summed E-state index contributed by atoms with van der Waals surface area (Å²) in [5.41, 5.74) is 3.01. The van der Waals surface area contributed by atoms with Crippen LogP contribution in [0.1, 0.15) is 0 Å². The molecule has 3 aromatic rings. The van der Waals surface area contributed by atoms with Crippen molar-refractivity contribution < 1.29 is 8.42 Å². The van der Waals surface area contributed by atoms with Gasteiger partial charge in [-0.25, -0.2) is 12.7 Å². The molecule has 0 spiro atoms. The first-order chi connectivity index (χ1) is 10.7. The highest BCUT2D eigenvalue weighted by molar-refractivity contribution is 7.93. The molecule has 0 unspecified atom stereocenters. The maximum absolute atomic E-state index is 13.1. The van der Waals surface area contributed by atoms with E-state index >= 15 is 0 Å². The number of benzene rings is 3. The van der Waals surface area contributed by atoms with Gasteiger partial charge in [-0.2, -0.15) is 0 Å². The molecule has 3 nitrogen and oxygen atoms in total. The van der Waals surface area contributed by atoms with Crippen LogP contribution in [-0.4, -0.2) is 8.42 Å². The van der Waals surface area contributed by atoms with Crippen molar-refractivity contribution >= 4 is 21.4 Å². The van der Waals surface area contributed by atoms with Crippen LogP contribution < -0.4 is 4.31 Å². The third-order valence-corrected chi connectivity index (χ3v) is 5.61. The number of sulfonamides is 1. The lowest BCUT2D eigenvalue weighted by Crippen LogP contribution is -2.30. The van der Waals surface area contributed by atoms with E-state index in [2.05, 4.69) is 0 Å². The minimum atomic E-state index is -3.62. The molecule has 108 valence electrons. The van der Waals surface area contributed by atoms with Gasteiger partial charge in [0.05, 0.1) is 16.3 Å². The molecule has 0 saturated carbocycles. The van der Waals surface area contributed by atoms with Crippen molar-refractivity contribution in [2.24, 2.45) is 0 Å². The maximum atomic E-state index is 13.1. The molecule has 1 heterocycles. The number of rotatable bonds is 1. The second-order valence-electron chi connectivity index (χ2n) is 5.12. The predicted octanol–water partition coefficient (Wildman–Crippen LogP) is 4.19. The lowest BCUT2D eigenvalue weighted by Gasteiger charge is -2.32. The van der Waals surface area contributed by atoms with E-state index in [9.17, 15) is 8.42 Å². The second-order valence-corrected chi connectivity index (χ2v) is 6.87. The zero-order chi connectivity index (χ0) is 15.2. The van der Waals surface area contributed by atoms with Gasteiger partial charge < -0.3 is 0 Å². The monoisotopic (exact) mass is 307 g/mol. The topological polar surface area (TPSA) is 37.4 Å². The minimum absolute atomic E-state index is 0.345. The summed E-state index contributed by atoms with van der Waals surface area (Å²) in [5.74, 6) is 0. The van der Waals surface area contributed by atoms with Gasteiger partial charge in [-0.15, -0.1) is 0 Å². The smallest absolute Gasteiger partial charge is 0.234 e. The van der Waals surface area contributed by atoms with Gasteiger partial charge in [0.25, 0.3) is 10.0 Å². The van der Waals surface area contributed by atoms with Crippen molar-refractivity contribution in [1.82, 2.24) is 0 Å². The normalized spacial score (nSPS) is 15.0. The molecular weight excluding hydrogens is 294 g/mol. The fraction of sp³-hybridized carbons (Fsp3) is 0. The molecule has 0 N–H and O–H groups in total. The molecule has 0 aliphatic carbocycles. The van der Waals surface area contributed by atoms with E-state index in [0.29, 0.717) is 16.3 Å². The van der Waals surface area contributed by atoms with Crippen LogP contribution in [0.2, 0.25) is 0 Å². The summed E-state index contributed by atoms with van der Waals surface area (Å²) in [6.45, 7) is 0. The summed E-state index contributed by atoms with van der Waals surface area (Å²) in [7, 11) is -3.62. The molecular formula is C18H13NO2S. The lowest BCUT2D eigenvalue weighted by molar-refractivity contribution is 0.596. The molecule has 1 aliphatic rings. The lowest BCUT2D eigenvalue weighted by atomic mass is 10.0. The number of para-hydroxylation sites is 2. The van der Waals surface area contributed by atoms with Crippen LogP contribution in [0.25, 0.3) is 11.1 Å². The standard InChI is InChI=1S/C18H13NO2S/c20-22(21)18-13-7-5-11-16(18)15-10-4-6-12-17(15)19(22)14-8-2-1-3-9-14/h1-13H. The minimum Gasteiger partial charge on any atom is -0.234 e. The first kappa shape index (κ1) is 13.1. The average Bonchev–Trinajstić information content (AvgIpc) is 2.56. The Balaban J connectivity index is 2.10. The Labute approximate surface area is 129 Å². The molecule has 0 atom stereocenters. The highest BCUT2D eigenvalue weighted by atomic mass is 32.2. The van der Waals surface area contributed by atoms with Crippen LogP contribution in [0.15, 0.2) is 83.8 Å². The van der Waals surface area contributed by atoms with Crippen LogP contribution in [0.4, 0.5) is 11.4 Å². The number of anilines is 2. The molecule has 0 radical (unpaired) electrons. The highest BCUT2D eigenvalue weighted by Crippen LogP contribution is 2.45. The molecule has 0 amide bonds. The highest BCUT2D eigenvalue weighted by Gasteiger charge is 2.35. The van der Waals surface area contributed by atoms with Crippen LogP contribution >= 0.6 is 0 Å². The first-order valence-corrected chi connectivity index (χ1v) is 8.42. The Morgan fingerprint density at radius 3 is 2.00 bits per heavy atom. The Kier molecular flexibility index (Phi) is 2.81. The van der Waals surface area contributed by atoms with E-state index in [-0.39, 0.29) is 0 Å². The molecule has 1 aliphatic heterocycles. The second kappa shape index (κ2) is 4.71. The number of nitrogens with zero attached hydrogens (tertiary/aromatic N) is 1. The van der Waals surface area contributed by atoms with Gasteiger partial charge in [0.2, 0.25) is 0 Å². The van der Waals surface area contributed by atoms with Crippen molar-refractivity contribution in [2.75, 3.05) is 4.31 Å². The Morgan fingerprint density at radius 2 is 1.23 bits per heavy atom. The van der Waals surface area contributed by atoms with Crippen molar-refractivity contribution in [3.05, 3.63) is 78.9 Å². The van der Waals surface area contributed by atoms with Crippen LogP contribution in [0, 0.1) is 0 Å². The average molecular weight is 307 g/mol. The van der Waals surface area contributed by atoms with Crippen molar-refractivity contribution in [2.45, 2.75) is 4.90 Å². The number of hydrogen-bond acceptors (Lipinski definition) is 2. The molecule has 4 rings (SSSR count). The van der Waals surface area contributed by atoms with Crippen LogP contribution in [0.3, 0.4) is 0 Å². The SMILES string of the molecule is O=S1(=O)c2ccccc2-c2ccccc2N1c1ccccc1. The van der Waals surface area contributed by atoms with Gasteiger partial charge in [-0.3, -0.25) is 0 Å². The van der Waals surface area contributed by atoms with Crippen molar-refractivity contribution in [1.29, 1.82) is 0 Å². The van der Waals surface area contributed by atoms with Gasteiger partial charge >= 0.3 is 0 Å². The molecule has 22 heavy (non-hydrogen) atoms. The van der Waals surface area contributed by atoms with Crippen LogP contribution in [-0.2, 0) is 10.0 Å². The largest absolute Gasteiger partial charge is 0.269 e. The Hall–Kier alpha value is -2.59. The predicted molar refractivity (Wildman–Crippen MR) is 87.6 cm³/mol. The molecule has 0 saturated heterocycles. The molecule has 0 fully saturated rings. The zero-order valence-electron chi connectivity index (χ0n) is 11.7. The zero-order valence-corrected chi connectivity index (χ0v) is 12.5. The van der Waals surface area contributed by atoms with Gasteiger partial charge in [0, 0.05) is 11.1 Å². The van der Waals surface area contributed by atoms with Gasteiger partial charge in [0.15, 0.2) is 0 Å². The van der Waals surface area contributed by atoms with Gasteiger partial charge in [-0.1, -0.05) is 54.6 Å². The third-order valence-electron chi connectivity index (χ3n) is 3.81. The van der Waals surface area contributed by atoms with E-state index in [0.717, 1.165) is 11.1 Å². The summed E-state index contributed by atoms with van der Waals surface area (Å²) < 4.78 is 27.6. The van der Waals surface area contributed by atoms with E-state index in [1.54, 1.807) is 12.1 Å². The van der Waals surface area contributed by atoms with Gasteiger partial charge in [0.1, 0.15) is 0 Å². The molecule has 0 bridgehead atoms. The van der Waals surface area contributed by atoms with E-state index in [4.69, 9.17) is 0 Å². The van der Waals surface area contributed by atoms with Gasteiger partial charge in [-0.05, 0) is 24.3 Å².